The average Bonchev–Trinajstić information content (AvgIpc) is 2.13. The maximum absolute atomic E-state index is 5.28. The van der Waals surface area contributed by atoms with E-state index in [0.29, 0.717) is 0 Å². The van der Waals surface area contributed by atoms with Crippen LogP contribution in [-0.2, 0) is 9.47 Å². The lowest BCUT2D eigenvalue weighted by Crippen LogP contribution is -2.13. The van der Waals surface area contributed by atoms with Crippen molar-refractivity contribution in [1.29, 1.82) is 0 Å². The zero-order chi connectivity index (χ0) is 6.85. The van der Waals surface area contributed by atoms with Gasteiger partial charge in [0.05, 0.1) is 12.2 Å². The molecular weight excluding hydrogens is 116 g/mol. The SMILES string of the molecule is C=CC1OC(C)C(C)O1. The number of hydrogen-bond acceptors (Lipinski definition) is 2. The van der Waals surface area contributed by atoms with E-state index in [0.717, 1.165) is 0 Å². The largest absolute Gasteiger partial charge is 0.343 e. The number of hydrogen-bond donors (Lipinski definition) is 0. The van der Waals surface area contributed by atoms with Gasteiger partial charge in [0.1, 0.15) is 0 Å². The third-order valence-corrected chi connectivity index (χ3v) is 1.55. The Morgan fingerprint density at radius 2 is 1.67 bits per heavy atom. The van der Waals surface area contributed by atoms with Gasteiger partial charge in [-0.3, -0.25) is 0 Å². The molecule has 0 amide bonds. The standard InChI is InChI=1S/C7H12O2/c1-4-7-8-5(2)6(3)9-7/h4-7H,1H2,2-3H3. The summed E-state index contributed by atoms with van der Waals surface area (Å²) in [4.78, 5) is 0. The minimum absolute atomic E-state index is 0.185. The van der Waals surface area contributed by atoms with Gasteiger partial charge in [0.25, 0.3) is 0 Å². The van der Waals surface area contributed by atoms with Crippen molar-refractivity contribution in [3.63, 3.8) is 0 Å². The van der Waals surface area contributed by atoms with Gasteiger partial charge in [-0.25, -0.2) is 0 Å². The van der Waals surface area contributed by atoms with E-state index in [1.807, 2.05) is 13.8 Å². The van der Waals surface area contributed by atoms with Crippen molar-refractivity contribution in [2.45, 2.75) is 32.3 Å². The van der Waals surface area contributed by atoms with Crippen LogP contribution < -0.4 is 0 Å². The van der Waals surface area contributed by atoms with Gasteiger partial charge in [0, 0.05) is 0 Å². The first-order chi connectivity index (χ1) is 4.24. The lowest BCUT2D eigenvalue weighted by Gasteiger charge is -2.02. The summed E-state index contributed by atoms with van der Waals surface area (Å²) in [5.74, 6) is 0. The second kappa shape index (κ2) is 2.50. The minimum atomic E-state index is -0.185. The first kappa shape index (κ1) is 6.78. The predicted octanol–water partition coefficient (Wildman–Crippen LogP) is 1.32. The minimum Gasteiger partial charge on any atom is -0.343 e. The van der Waals surface area contributed by atoms with Gasteiger partial charge < -0.3 is 9.47 Å². The van der Waals surface area contributed by atoms with E-state index in [2.05, 4.69) is 6.58 Å². The first-order valence-corrected chi connectivity index (χ1v) is 3.17. The molecule has 0 aliphatic carbocycles. The van der Waals surface area contributed by atoms with Crippen LogP contribution in [0.15, 0.2) is 12.7 Å². The van der Waals surface area contributed by atoms with Crippen molar-refractivity contribution in [2.75, 3.05) is 0 Å². The maximum Gasteiger partial charge on any atom is 0.177 e. The summed E-state index contributed by atoms with van der Waals surface area (Å²) in [6.45, 7) is 7.55. The molecule has 1 heterocycles. The lowest BCUT2D eigenvalue weighted by atomic mass is 10.3. The zero-order valence-corrected chi connectivity index (χ0v) is 5.83. The van der Waals surface area contributed by atoms with Crippen LogP contribution in [0.4, 0.5) is 0 Å². The number of ether oxygens (including phenoxy) is 2. The van der Waals surface area contributed by atoms with Crippen LogP contribution >= 0.6 is 0 Å². The molecule has 0 aromatic rings. The summed E-state index contributed by atoms with van der Waals surface area (Å²) >= 11 is 0. The van der Waals surface area contributed by atoms with Gasteiger partial charge in [-0.05, 0) is 19.9 Å². The fourth-order valence-corrected chi connectivity index (χ4v) is 0.788. The van der Waals surface area contributed by atoms with Gasteiger partial charge in [-0.15, -0.1) is 0 Å². The molecule has 0 aromatic heterocycles. The Morgan fingerprint density at radius 3 is 1.89 bits per heavy atom. The fourth-order valence-electron chi connectivity index (χ4n) is 0.788. The number of rotatable bonds is 1. The third-order valence-electron chi connectivity index (χ3n) is 1.55. The van der Waals surface area contributed by atoms with Crippen LogP contribution in [0.25, 0.3) is 0 Å². The Morgan fingerprint density at radius 1 is 1.22 bits per heavy atom. The summed E-state index contributed by atoms with van der Waals surface area (Å²) in [5.41, 5.74) is 0. The molecule has 1 saturated heterocycles. The van der Waals surface area contributed by atoms with Crippen LogP contribution in [0.1, 0.15) is 13.8 Å². The van der Waals surface area contributed by atoms with Gasteiger partial charge in [0.2, 0.25) is 0 Å². The molecule has 52 valence electrons. The van der Waals surface area contributed by atoms with Crippen LogP contribution in [-0.4, -0.2) is 18.5 Å². The van der Waals surface area contributed by atoms with E-state index in [1.54, 1.807) is 6.08 Å². The Bertz CT molecular complexity index is 101. The molecule has 1 aliphatic heterocycles. The van der Waals surface area contributed by atoms with Crippen molar-refractivity contribution in [1.82, 2.24) is 0 Å². The van der Waals surface area contributed by atoms with Crippen LogP contribution in [0, 0.1) is 0 Å². The highest BCUT2D eigenvalue weighted by atomic mass is 16.7. The molecule has 0 aromatic carbocycles. The summed E-state index contributed by atoms with van der Waals surface area (Å²) < 4.78 is 10.6. The summed E-state index contributed by atoms with van der Waals surface area (Å²) in [5, 5.41) is 0. The smallest absolute Gasteiger partial charge is 0.177 e. The van der Waals surface area contributed by atoms with E-state index < -0.39 is 0 Å². The predicted molar refractivity (Wildman–Crippen MR) is 35.1 cm³/mol. The van der Waals surface area contributed by atoms with Gasteiger partial charge >= 0.3 is 0 Å². The Kier molecular flexibility index (Phi) is 1.88. The molecular formula is C7H12O2. The van der Waals surface area contributed by atoms with E-state index in [-0.39, 0.29) is 18.5 Å². The van der Waals surface area contributed by atoms with Crippen LogP contribution in [0.3, 0.4) is 0 Å². The topological polar surface area (TPSA) is 18.5 Å². The highest BCUT2D eigenvalue weighted by Gasteiger charge is 2.26. The maximum atomic E-state index is 5.28. The van der Waals surface area contributed by atoms with E-state index in [9.17, 15) is 0 Å². The normalized spacial score (nSPS) is 43.1. The fraction of sp³-hybridized carbons (Fsp3) is 0.714. The molecule has 1 fully saturated rings. The quantitative estimate of drug-likeness (QED) is 0.496. The molecule has 1 rings (SSSR count). The first-order valence-electron chi connectivity index (χ1n) is 3.17. The molecule has 0 radical (unpaired) electrons. The summed E-state index contributed by atoms with van der Waals surface area (Å²) in [6, 6.07) is 0. The molecule has 2 unspecified atom stereocenters. The molecule has 0 bridgehead atoms. The van der Waals surface area contributed by atoms with Gasteiger partial charge in [-0.1, -0.05) is 6.58 Å². The van der Waals surface area contributed by atoms with Gasteiger partial charge in [0.15, 0.2) is 6.29 Å². The second-order valence-electron chi connectivity index (χ2n) is 2.29. The van der Waals surface area contributed by atoms with Crippen molar-refractivity contribution >= 4 is 0 Å². The lowest BCUT2D eigenvalue weighted by molar-refractivity contribution is -0.0240. The second-order valence-corrected chi connectivity index (χ2v) is 2.29. The van der Waals surface area contributed by atoms with Crippen LogP contribution in [0.2, 0.25) is 0 Å². The molecule has 2 heteroatoms. The van der Waals surface area contributed by atoms with E-state index in [1.165, 1.54) is 0 Å². The van der Waals surface area contributed by atoms with E-state index >= 15 is 0 Å². The van der Waals surface area contributed by atoms with Crippen molar-refractivity contribution in [2.24, 2.45) is 0 Å². The molecule has 1 aliphatic rings. The molecule has 0 N–H and O–H groups in total. The monoisotopic (exact) mass is 128 g/mol. The summed E-state index contributed by atoms with van der Waals surface area (Å²) in [6.07, 6.45) is 1.89. The average molecular weight is 128 g/mol. The highest BCUT2D eigenvalue weighted by Crippen LogP contribution is 2.18. The molecule has 9 heavy (non-hydrogen) atoms. The Balaban J connectivity index is 2.43. The van der Waals surface area contributed by atoms with Crippen molar-refractivity contribution in [3.8, 4) is 0 Å². The Labute approximate surface area is 55.5 Å². The van der Waals surface area contributed by atoms with Crippen LogP contribution in [0.5, 0.6) is 0 Å². The molecule has 0 spiro atoms. The van der Waals surface area contributed by atoms with Gasteiger partial charge in [-0.2, -0.15) is 0 Å². The molecule has 2 nitrogen and oxygen atoms in total. The molecule has 2 atom stereocenters. The summed E-state index contributed by atoms with van der Waals surface area (Å²) in [7, 11) is 0. The van der Waals surface area contributed by atoms with Crippen molar-refractivity contribution in [3.05, 3.63) is 12.7 Å². The van der Waals surface area contributed by atoms with E-state index in [4.69, 9.17) is 9.47 Å². The molecule has 0 saturated carbocycles. The Hall–Kier alpha value is -0.340. The van der Waals surface area contributed by atoms with Crippen molar-refractivity contribution < 1.29 is 9.47 Å². The third kappa shape index (κ3) is 1.32. The zero-order valence-electron chi connectivity index (χ0n) is 5.83. The highest BCUT2D eigenvalue weighted by molar-refractivity contribution is 4.80.